The van der Waals surface area contributed by atoms with Crippen LogP contribution in [-0.4, -0.2) is 28.2 Å². The summed E-state index contributed by atoms with van der Waals surface area (Å²) in [6.45, 7) is 1.76. The zero-order valence-electron chi connectivity index (χ0n) is 6.90. The first-order valence-electron chi connectivity index (χ1n) is 4.00. The Bertz CT molecular complexity index is 203. The van der Waals surface area contributed by atoms with Crippen LogP contribution in [0.25, 0.3) is 0 Å². The summed E-state index contributed by atoms with van der Waals surface area (Å²) >= 11 is 0. The molecule has 1 aromatic heterocycles. The molecule has 0 aliphatic heterocycles. The maximum Gasteiger partial charge on any atom is 0.0724 e. The van der Waals surface area contributed by atoms with Crippen molar-refractivity contribution in [2.24, 2.45) is 0 Å². The monoisotopic (exact) mass is 167 g/mol. The van der Waals surface area contributed by atoms with Crippen molar-refractivity contribution in [2.45, 2.75) is 13.0 Å². The number of nitrogens with one attached hydrogen (secondary N) is 1. The number of hydrogen-bond donors (Lipinski definition) is 2. The first-order chi connectivity index (χ1) is 5.93. The van der Waals surface area contributed by atoms with Crippen LogP contribution in [0.5, 0.6) is 0 Å². The second-order valence-electron chi connectivity index (χ2n) is 2.45. The summed E-state index contributed by atoms with van der Waals surface area (Å²) in [4.78, 5) is 8.02. The maximum absolute atomic E-state index is 8.50. The summed E-state index contributed by atoms with van der Waals surface area (Å²) in [5.74, 6) is 0. The lowest BCUT2D eigenvalue weighted by atomic mass is 10.4. The third kappa shape index (κ3) is 3.41. The molecule has 0 aliphatic rings. The van der Waals surface area contributed by atoms with Crippen molar-refractivity contribution >= 4 is 0 Å². The fraction of sp³-hybridized carbons (Fsp3) is 0.500. The molecule has 0 aliphatic carbocycles. The number of aliphatic hydroxyl groups is 1. The van der Waals surface area contributed by atoms with Gasteiger partial charge >= 0.3 is 0 Å². The quantitative estimate of drug-likeness (QED) is 0.604. The van der Waals surface area contributed by atoms with Gasteiger partial charge in [0.15, 0.2) is 0 Å². The molecule has 1 rings (SSSR count). The molecule has 0 saturated heterocycles. The Kier molecular flexibility index (Phi) is 4.26. The van der Waals surface area contributed by atoms with E-state index in [9.17, 15) is 0 Å². The summed E-state index contributed by atoms with van der Waals surface area (Å²) in [7, 11) is 0. The summed E-state index contributed by atoms with van der Waals surface area (Å²) in [6, 6.07) is 0. The van der Waals surface area contributed by atoms with E-state index in [-0.39, 0.29) is 6.61 Å². The smallest absolute Gasteiger partial charge is 0.0724 e. The SMILES string of the molecule is OCCCNCc1cnccn1. The zero-order chi connectivity index (χ0) is 8.65. The molecule has 0 spiro atoms. The first-order valence-corrected chi connectivity index (χ1v) is 4.00. The Hall–Kier alpha value is -1.00. The predicted molar refractivity (Wildman–Crippen MR) is 45.4 cm³/mol. The van der Waals surface area contributed by atoms with E-state index in [2.05, 4.69) is 15.3 Å². The third-order valence-corrected chi connectivity index (χ3v) is 1.43. The summed E-state index contributed by atoms with van der Waals surface area (Å²) in [5.41, 5.74) is 0.926. The van der Waals surface area contributed by atoms with Crippen LogP contribution in [0.1, 0.15) is 12.1 Å². The number of aliphatic hydroxyl groups excluding tert-OH is 1. The molecule has 0 aromatic carbocycles. The van der Waals surface area contributed by atoms with Crippen LogP contribution in [0.4, 0.5) is 0 Å². The molecule has 0 radical (unpaired) electrons. The third-order valence-electron chi connectivity index (χ3n) is 1.43. The Morgan fingerprint density at radius 3 is 3.00 bits per heavy atom. The Morgan fingerprint density at radius 1 is 1.42 bits per heavy atom. The van der Waals surface area contributed by atoms with E-state index < -0.39 is 0 Å². The van der Waals surface area contributed by atoms with Gasteiger partial charge in [0.25, 0.3) is 0 Å². The van der Waals surface area contributed by atoms with Gasteiger partial charge in [-0.25, -0.2) is 0 Å². The van der Waals surface area contributed by atoms with Crippen molar-refractivity contribution in [2.75, 3.05) is 13.2 Å². The van der Waals surface area contributed by atoms with Crippen molar-refractivity contribution in [3.05, 3.63) is 24.3 Å². The zero-order valence-corrected chi connectivity index (χ0v) is 6.90. The van der Waals surface area contributed by atoms with E-state index in [0.29, 0.717) is 6.54 Å². The van der Waals surface area contributed by atoms with Gasteiger partial charge < -0.3 is 10.4 Å². The average molecular weight is 167 g/mol. The number of hydrogen-bond acceptors (Lipinski definition) is 4. The molecule has 4 nitrogen and oxygen atoms in total. The average Bonchev–Trinajstić information content (AvgIpc) is 2.14. The fourth-order valence-corrected chi connectivity index (χ4v) is 0.842. The molecule has 0 unspecified atom stereocenters. The second kappa shape index (κ2) is 5.62. The summed E-state index contributed by atoms with van der Waals surface area (Å²) < 4.78 is 0. The molecule has 66 valence electrons. The highest BCUT2D eigenvalue weighted by atomic mass is 16.3. The van der Waals surface area contributed by atoms with Crippen LogP contribution < -0.4 is 5.32 Å². The molecule has 4 heteroatoms. The van der Waals surface area contributed by atoms with E-state index in [0.717, 1.165) is 18.7 Å². The Balaban J connectivity index is 2.16. The van der Waals surface area contributed by atoms with Gasteiger partial charge in [-0.15, -0.1) is 0 Å². The van der Waals surface area contributed by atoms with Crippen LogP contribution in [0.3, 0.4) is 0 Å². The predicted octanol–water partition coefficient (Wildman–Crippen LogP) is -0.0514. The molecule has 0 fully saturated rings. The van der Waals surface area contributed by atoms with Gasteiger partial charge in [0.1, 0.15) is 0 Å². The van der Waals surface area contributed by atoms with Gasteiger partial charge in [0.2, 0.25) is 0 Å². The lowest BCUT2D eigenvalue weighted by Gasteiger charge is -2.01. The normalized spacial score (nSPS) is 10.1. The van der Waals surface area contributed by atoms with Crippen molar-refractivity contribution < 1.29 is 5.11 Å². The largest absolute Gasteiger partial charge is 0.396 e. The topological polar surface area (TPSA) is 58.0 Å². The van der Waals surface area contributed by atoms with Crippen LogP contribution in [0.15, 0.2) is 18.6 Å². The van der Waals surface area contributed by atoms with Gasteiger partial charge in [-0.05, 0) is 13.0 Å². The first kappa shape index (κ1) is 9.09. The molecule has 1 aromatic rings. The minimum Gasteiger partial charge on any atom is -0.396 e. The summed E-state index contributed by atoms with van der Waals surface area (Å²) in [6.07, 6.45) is 5.83. The molecule has 2 N–H and O–H groups in total. The van der Waals surface area contributed by atoms with E-state index in [1.54, 1.807) is 18.6 Å². The molecule has 12 heavy (non-hydrogen) atoms. The highest BCUT2D eigenvalue weighted by Gasteiger charge is 1.91. The van der Waals surface area contributed by atoms with Gasteiger partial charge in [-0.3, -0.25) is 9.97 Å². The van der Waals surface area contributed by atoms with Crippen molar-refractivity contribution in [3.63, 3.8) is 0 Å². The van der Waals surface area contributed by atoms with Crippen LogP contribution in [-0.2, 0) is 6.54 Å². The van der Waals surface area contributed by atoms with Crippen molar-refractivity contribution in [1.82, 2.24) is 15.3 Å². The minimum atomic E-state index is 0.230. The highest BCUT2D eigenvalue weighted by Crippen LogP contribution is 1.88. The fourth-order valence-electron chi connectivity index (χ4n) is 0.842. The standard InChI is InChI=1S/C8H13N3O/c12-5-1-2-9-6-8-7-10-3-4-11-8/h3-4,7,9,12H,1-2,5-6H2. The van der Waals surface area contributed by atoms with Gasteiger partial charge in [-0.2, -0.15) is 0 Å². The molecular weight excluding hydrogens is 154 g/mol. The lowest BCUT2D eigenvalue weighted by Crippen LogP contribution is -2.16. The van der Waals surface area contributed by atoms with Crippen molar-refractivity contribution in [1.29, 1.82) is 0 Å². The molecular formula is C8H13N3O. The molecule has 0 bridgehead atoms. The van der Waals surface area contributed by atoms with Crippen molar-refractivity contribution in [3.8, 4) is 0 Å². The van der Waals surface area contributed by atoms with Crippen LogP contribution in [0.2, 0.25) is 0 Å². The summed E-state index contributed by atoms with van der Waals surface area (Å²) in [5, 5.41) is 11.6. The van der Waals surface area contributed by atoms with Crippen LogP contribution in [0, 0.1) is 0 Å². The molecule has 0 amide bonds. The van der Waals surface area contributed by atoms with Gasteiger partial charge in [0, 0.05) is 31.7 Å². The maximum atomic E-state index is 8.50. The van der Waals surface area contributed by atoms with Crippen LogP contribution >= 0.6 is 0 Å². The van der Waals surface area contributed by atoms with E-state index in [1.165, 1.54) is 0 Å². The molecule has 0 saturated carbocycles. The van der Waals surface area contributed by atoms with Gasteiger partial charge in [-0.1, -0.05) is 0 Å². The van der Waals surface area contributed by atoms with E-state index >= 15 is 0 Å². The number of rotatable bonds is 5. The van der Waals surface area contributed by atoms with Gasteiger partial charge in [0.05, 0.1) is 5.69 Å². The number of nitrogens with zero attached hydrogens (tertiary/aromatic N) is 2. The number of aromatic nitrogens is 2. The minimum absolute atomic E-state index is 0.230. The second-order valence-corrected chi connectivity index (χ2v) is 2.45. The highest BCUT2D eigenvalue weighted by molar-refractivity contribution is 4.93. The van der Waals surface area contributed by atoms with E-state index in [1.807, 2.05) is 0 Å². The van der Waals surface area contributed by atoms with E-state index in [4.69, 9.17) is 5.11 Å². The lowest BCUT2D eigenvalue weighted by molar-refractivity contribution is 0.286. The molecule has 0 atom stereocenters. The molecule has 1 heterocycles. The Morgan fingerprint density at radius 2 is 2.33 bits per heavy atom. The Labute approximate surface area is 71.7 Å².